The van der Waals surface area contributed by atoms with E-state index < -0.39 is 0 Å². The van der Waals surface area contributed by atoms with Gasteiger partial charge in [0.2, 0.25) is 5.91 Å². The molecule has 1 aromatic rings. The van der Waals surface area contributed by atoms with Crippen molar-refractivity contribution in [1.82, 2.24) is 15.1 Å². The Morgan fingerprint density at radius 1 is 1.04 bits per heavy atom. The Bertz CT molecular complexity index is 641. The summed E-state index contributed by atoms with van der Waals surface area (Å²) < 4.78 is 13.0. The van der Waals surface area contributed by atoms with Crippen molar-refractivity contribution in [3.05, 3.63) is 35.6 Å². The molecule has 6 heteroatoms. The second kappa shape index (κ2) is 9.31. The Kier molecular flexibility index (Phi) is 6.83. The molecule has 2 fully saturated rings. The van der Waals surface area contributed by atoms with Gasteiger partial charge in [-0.2, -0.15) is 0 Å². The number of carbonyl (C=O) groups is 2. The maximum atomic E-state index is 13.0. The lowest BCUT2D eigenvalue weighted by Crippen LogP contribution is -2.44. The van der Waals surface area contributed by atoms with Gasteiger partial charge >= 0.3 is 0 Å². The van der Waals surface area contributed by atoms with Gasteiger partial charge in [0.25, 0.3) is 5.91 Å². The molecule has 0 atom stereocenters. The molecule has 1 aliphatic carbocycles. The summed E-state index contributed by atoms with van der Waals surface area (Å²) in [4.78, 5) is 28.9. The minimum absolute atomic E-state index is 0.0716. The molecule has 0 radical (unpaired) electrons. The summed E-state index contributed by atoms with van der Waals surface area (Å²) >= 11 is 0. The first-order valence-corrected chi connectivity index (χ1v) is 10.1. The van der Waals surface area contributed by atoms with Crippen LogP contribution in [0.25, 0.3) is 0 Å². The van der Waals surface area contributed by atoms with E-state index >= 15 is 0 Å². The van der Waals surface area contributed by atoms with Gasteiger partial charge in [0, 0.05) is 37.8 Å². The van der Waals surface area contributed by atoms with Crippen LogP contribution in [0.2, 0.25) is 0 Å². The number of benzene rings is 1. The number of amides is 2. The number of hydrogen-bond acceptors (Lipinski definition) is 3. The van der Waals surface area contributed by atoms with Gasteiger partial charge in [-0.25, -0.2) is 4.39 Å². The number of rotatable bonds is 4. The fraction of sp³-hybridized carbons (Fsp3) is 0.619. The van der Waals surface area contributed by atoms with Crippen LogP contribution in [-0.2, 0) is 4.79 Å². The van der Waals surface area contributed by atoms with Crippen molar-refractivity contribution in [1.29, 1.82) is 0 Å². The van der Waals surface area contributed by atoms with E-state index in [1.165, 1.54) is 37.1 Å². The van der Waals surface area contributed by atoms with Gasteiger partial charge in [-0.3, -0.25) is 14.5 Å². The van der Waals surface area contributed by atoms with Crippen molar-refractivity contribution in [3.8, 4) is 0 Å². The fourth-order valence-electron chi connectivity index (χ4n) is 3.99. The molecule has 1 saturated carbocycles. The van der Waals surface area contributed by atoms with Crippen LogP contribution in [0.4, 0.5) is 4.39 Å². The number of halogens is 1. The van der Waals surface area contributed by atoms with E-state index in [0.29, 0.717) is 37.8 Å². The van der Waals surface area contributed by atoms with Crippen LogP contribution in [-0.4, -0.2) is 60.4 Å². The van der Waals surface area contributed by atoms with Crippen LogP contribution >= 0.6 is 0 Å². The Morgan fingerprint density at radius 3 is 2.44 bits per heavy atom. The van der Waals surface area contributed by atoms with Crippen molar-refractivity contribution in [2.24, 2.45) is 5.92 Å². The van der Waals surface area contributed by atoms with Crippen LogP contribution in [0.15, 0.2) is 24.3 Å². The molecule has 0 aromatic heterocycles. The molecule has 2 amide bonds. The van der Waals surface area contributed by atoms with Gasteiger partial charge in [-0.15, -0.1) is 0 Å². The number of hydrogen-bond donors (Lipinski definition) is 1. The van der Waals surface area contributed by atoms with E-state index in [2.05, 4.69) is 17.1 Å². The van der Waals surface area contributed by atoms with Crippen molar-refractivity contribution in [2.45, 2.75) is 45.1 Å². The summed E-state index contributed by atoms with van der Waals surface area (Å²) in [6, 6.07) is 6.00. The summed E-state index contributed by atoms with van der Waals surface area (Å²) in [6.07, 6.45) is 5.37. The zero-order chi connectivity index (χ0) is 19.2. The molecular formula is C21H30FN3O2. The Balaban J connectivity index is 1.45. The van der Waals surface area contributed by atoms with E-state index in [0.717, 1.165) is 31.7 Å². The summed E-state index contributed by atoms with van der Waals surface area (Å²) in [5.41, 5.74) is 0.508. The fourth-order valence-corrected chi connectivity index (χ4v) is 3.99. The average Bonchev–Trinajstić information content (AvgIpc) is 2.89. The molecule has 3 rings (SSSR count). The first-order valence-electron chi connectivity index (χ1n) is 10.1. The van der Waals surface area contributed by atoms with Gasteiger partial charge < -0.3 is 10.2 Å². The van der Waals surface area contributed by atoms with Crippen LogP contribution in [0.3, 0.4) is 0 Å². The molecule has 27 heavy (non-hydrogen) atoms. The summed E-state index contributed by atoms with van der Waals surface area (Å²) in [5, 5.41) is 3.18. The summed E-state index contributed by atoms with van der Waals surface area (Å²) in [5.74, 6) is 0.450. The highest BCUT2D eigenvalue weighted by atomic mass is 19.1. The maximum Gasteiger partial charge on any atom is 0.253 e. The van der Waals surface area contributed by atoms with Crippen LogP contribution in [0.1, 0.15) is 49.4 Å². The lowest BCUT2D eigenvalue weighted by atomic mass is 9.87. The predicted molar refractivity (Wildman–Crippen MR) is 103 cm³/mol. The molecule has 2 aliphatic rings. The molecule has 1 saturated heterocycles. The second-order valence-corrected chi connectivity index (χ2v) is 7.95. The highest BCUT2D eigenvalue weighted by molar-refractivity contribution is 5.94. The average molecular weight is 375 g/mol. The third-order valence-electron chi connectivity index (χ3n) is 5.72. The molecular weight excluding hydrogens is 345 g/mol. The lowest BCUT2D eigenvalue weighted by molar-refractivity contribution is -0.123. The smallest absolute Gasteiger partial charge is 0.253 e. The van der Waals surface area contributed by atoms with Gasteiger partial charge in [0.05, 0.1) is 6.54 Å². The first-order chi connectivity index (χ1) is 13.0. The van der Waals surface area contributed by atoms with E-state index in [-0.39, 0.29) is 17.6 Å². The van der Waals surface area contributed by atoms with Crippen molar-refractivity contribution >= 4 is 11.8 Å². The summed E-state index contributed by atoms with van der Waals surface area (Å²) in [6.45, 7) is 5.41. The third-order valence-corrected chi connectivity index (χ3v) is 5.72. The Morgan fingerprint density at radius 2 is 1.74 bits per heavy atom. The predicted octanol–water partition coefficient (Wildman–Crippen LogP) is 2.67. The molecule has 1 N–H and O–H groups in total. The zero-order valence-electron chi connectivity index (χ0n) is 16.1. The largest absolute Gasteiger partial charge is 0.352 e. The highest BCUT2D eigenvalue weighted by Crippen LogP contribution is 2.23. The van der Waals surface area contributed by atoms with E-state index in [1.807, 2.05) is 0 Å². The normalized spacial score (nSPS) is 24.3. The Hall–Kier alpha value is -1.95. The van der Waals surface area contributed by atoms with Crippen LogP contribution in [0.5, 0.6) is 0 Å². The monoisotopic (exact) mass is 375 g/mol. The van der Waals surface area contributed by atoms with Gasteiger partial charge in [0.15, 0.2) is 0 Å². The quantitative estimate of drug-likeness (QED) is 0.880. The Labute approximate surface area is 160 Å². The molecule has 0 bridgehead atoms. The zero-order valence-corrected chi connectivity index (χ0v) is 16.1. The topological polar surface area (TPSA) is 52.7 Å². The molecule has 1 aromatic carbocycles. The maximum absolute atomic E-state index is 13.0. The van der Waals surface area contributed by atoms with Crippen molar-refractivity contribution in [2.75, 3.05) is 32.7 Å². The van der Waals surface area contributed by atoms with Crippen molar-refractivity contribution < 1.29 is 14.0 Å². The van der Waals surface area contributed by atoms with Gasteiger partial charge in [-0.1, -0.05) is 6.92 Å². The molecule has 1 heterocycles. The van der Waals surface area contributed by atoms with Gasteiger partial charge in [-0.05, 0) is 62.3 Å². The molecule has 0 unspecified atom stereocenters. The van der Waals surface area contributed by atoms with Crippen LogP contribution < -0.4 is 5.32 Å². The molecule has 0 spiro atoms. The minimum atomic E-state index is -0.341. The van der Waals surface area contributed by atoms with E-state index in [4.69, 9.17) is 0 Å². The summed E-state index contributed by atoms with van der Waals surface area (Å²) in [7, 11) is 0. The van der Waals surface area contributed by atoms with Gasteiger partial charge in [0.1, 0.15) is 5.82 Å². The van der Waals surface area contributed by atoms with E-state index in [1.54, 1.807) is 4.90 Å². The number of nitrogens with one attached hydrogen (secondary N) is 1. The van der Waals surface area contributed by atoms with Crippen LogP contribution in [0, 0.1) is 11.7 Å². The van der Waals surface area contributed by atoms with E-state index in [9.17, 15) is 14.0 Å². The molecule has 5 nitrogen and oxygen atoms in total. The highest BCUT2D eigenvalue weighted by Gasteiger charge is 2.23. The SMILES string of the molecule is CC1CCC(NC(=O)CN2CCCN(C(=O)c3ccc(F)cc3)CC2)CC1. The number of nitrogens with zero attached hydrogens (tertiary/aromatic N) is 2. The third kappa shape index (κ3) is 5.76. The molecule has 1 aliphatic heterocycles. The standard InChI is InChI=1S/C21H30FN3O2/c1-16-3-9-19(10-4-16)23-20(26)15-24-11-2-12-25(14-13-24)21(27)17-5-7-18(22)8-6-17/h5-8,16,19H,2-4,9-15H2,1H3,(H,23,26). The number of carbonyl (C=O) groups excluding carboxylic acids is 2. The lowest BCUT2D eigenvalue weighted by Gasteiger charge is -2.28. The van der Waals surface area contributed by atoms with Crippen molar-refractivity contribution in [3.63, 3.8) is 0 Å². The minimum Gasteiger partial charge on any atom is -0.352 e. The first kappa shape index (κ1) is 19.8. The second-order valence-electron chi connectivity index (χ2n) is 7.95. The molecule has 148 valence electrons.